The average molecular weight is 318 g/mol. The molecule has 0 spiro atoms. The first kappa shape index (κ1) is 15.0. The smallest absolute Gasteiger partial charge is 0.492 e. The molecule has 1 aliphatic rings. The van der Waals surface area contributed by atoms with Crippen LogP contribution in [0, 0.1) is 10.1 Å². The summed E-state index contributed by atoms with van der Waals surface area (Å²) in [4.78, 5) is 35.1. The van der Waals surface area contributed by atoms with Gasteiger partial charge >= 0.3 is 19.1 Å². The van der Waals surface area contributed by atoms with Gasteiger partial charge in [0, 0.05) is 17.5 Å². The predicted molar refractivity (Wildman–Crippen MR) is 77.9 cm³/mol. The first-order valence-electron chi connectivity index (χ1n) is 6.68. The third kappa shape index (κ3) is 3.16. The minimum absolute atomic E-state index is 0.0582. The molecule has 118 valence electrons. The molecule has 2 aromatic rings. The van der Waals surface area contributed by atoms with Crippen LogP contribution in [-0.2, 0) is 18.9 Å². The Kier molecular flexibility index (Phi) is 3.74. The normalized spacial score (nSPS) is 16.7. The number of likely N-dealkylation sites (N-methyl/N-ethyl adjacent to an activating group) is 1. The second-order valence-corrected chi connectivity index (χ2v) is 5.11. The van der Waals surface area contributed by atoms with Crippen LogP contribution in [-0.4, -0.2) is 49.0 Å². The summed E-state index contributed by atoms with van der Waals surface area (Å²) in [6.45, 7) is -0.116. The van der Waals surface area contributed by atoms with Crippen molar-refractivity contribution in [3.63, 3.8) is 0 Å². The third-order valence-electron chi connectivity index (χ3n) is 3.24. The van der Waals surface area contributed by atoms with Crippen LogP contribution in [0.4, 0.5) is 5.69 Å². The van der Waals surface area contributed by atoms with E-state index in [1.54, 1.807) is 7.05 Å². The lowest BCUT2D eigenvalue weighted by Crippen LogP contribution is -2.47. The van der Waals surface area contributed by atoms with Gasteiger partial charge in [-0.3, -0.25) is 24.6 Å². The van der Waals surface area contributed by atoms with Crippen molar-refractivity contribution in [1.29, 1.82) is 0 Å². The number of non-ortho nitro benzene ring substituents is 1. The van der Waals surface area contributed by atoms with E-state index in [0.717, 1.165) is 0 Å². The van der Waals surface area contributed by atoms with Crippen LogP contribution >= 0.6 is 0 Å². The van der Waals surface area contributed by atoms with E-state index in [2.05, 4.69) is 0 Å². The van der Waals surface area contributed by atoms with Crippen LogP contribution in [0.3, 0.4) is 0 Å². The molecule has 2 heterocycles. The van der Waals surface area contributed by atoms with Crippen molar-refractivity contribution >= 4 is 41.4 Å². The van der Waals surface area contributed by atoms with Crippen LogP contribution in [0.25, 0.3) is 11.0 Å². The SMILES string of the molecule is CN1CC(=O)OB(c2cc3cc([N+](=O)[O-])ccc3o2)OC(=O)C1. The topological polar surface area (TPSA) is 112 Å². The lowest BCUT2D eigenvalue weighted by atomic mass is 9.85. The molecule has 9 nitrogen and oxygen atoms in total. The molecular weight excluding hydrogens is 307 g/mol. The quantitative estimate of drug-likeness (QED) is 0.434. The van der Waals surface area contributed by atoms with Crippen molar-refractivity contribution in [3.05, 3.63) is 34.4 Å². The summed E-state index contributed by atoms with van der Waals surface area (Å²) in [6, 6.07) is 5.49. The van der Waals surface area contributed by atoms with Crippen molar-refractivity contribution < 1.29 is 28.2 Å². The van der Waals surface area contributed by atoms with E-state index in [1.165, 1.54) is 29.2 Å². The van der Waals surface area contributed by atoms with E-state index < -0.39 is 24.0 Å². The maximum atomic E-state index is 11.7. The fourth-order valence-electron chi connectivity index (χ4n) is 2.23. The molecule has 3 rings (SSSR count). The highest BCUT2D eigenvalue weighted by molar-refractivity contribution is 6.63. The molecule has 0 radical (unpaired) electrons. The molecule has 0 aliphatic carbocycles. The molecule has 10 heteroatoms. The largest absolute Gasteiger partial charge is 0.674 e. The zero-order valence-electron chi connectivity index (χ0n) is 12.1. The molecule has 23 heavy (non-hydrogen) atoms. The lowest BCUT2D eigenvalue weighted by Gasteiger charge is -2.21. The number of nitrogens with zero attached hydrogens (tertiary/aromatic N) is 2. The molecule has 0 saturated carbocycles. The Morgan fingerprint density at radius 2 is 1.83 bits per heavy atom. The van der Waals surface area contributed by atoms with Gasteiger partial charge in [0.1, 0.15) is 5.58 Å². The van der Waals surface area contributed by atoms with Crippen LogP contribution in [0.5, 0.6) is 0 Å². The van der Waals surface area contributed by atoms with Gasteiger partial charge in [0.15, 0.2) is 5.66 Å². The molecule has 0 bridgehead atoms. The summed E-state index contributed by atoms with van der Waals surface area (Å²) in [5.74, 6) is -1.15. The van der Waals surface area contributed by atoms with Crippen LogP contribution in [0.2, 0.25) is 0 Å². The number of rotatable bonds is 2. The zero-order valence-corrected chi connectivity index (χ0v) is 12.1. The number of benzene rings is 1. The van der Waals surface area contributed by atoms with Gasteiger partial charge in [-0.25, -0.2) is 0 Å². The fourth-order valence-corrected chi connectivity index (χ4v) is 2.23. The van der Waals surface area contributed by atoms with Gasteiger partial charge in [0.05, 0.1) is 18.0 Å². The van der Waals surface area contributed by atoms with E-state index in [1.807, 2.05) is 0 Å². The van der Waals surface area contributed by atoms with Crippen LogP contribution < -0.4 is 5.66 Å². The molecule has 1 fully saturated rings. The molecule has 0 atom stereocenters. The van der Waals surface area contributed by atoms with Gasteiger partial charge in [-0.05, 0) is 19.2 Å². The van der Waals surface area contributed by atoms with Gasteiger partial charge in [0.25, 0.3) is 5.69 Å². The highest BCUT2D eigenvalue weighted by Crippen LogP contribution is 2.21. The molecule has 0 N–H and O–H groups in total. The zero-order chi connectivity index (χ0) is 16.6. The maximum Gasteiger partial charge on any atom is 0.674 e. The Labute approximate surface area is 130 Å². The first-order chi connectivity index (χ1) is 10.9. The van der Waals surface area contributed by atoms with Crippen LogP contribution in [0.1, 0.15) is 0 Å². The fraction of sp³-hybridized carbons (Fsp3) is 0.231. The molecule has 1 aromatic heterocycles. The Hall–Kier alpha value is -2.88. The van der Waals surface area contributed by atoms with Crippen molar-refractivity contribution in [2.75, 3.05) is 20.1 Å². The highest BCUT2D eigenvalue weighted by atomic mass is 16.6. The predicted octanol–water partition coefficient (Wildman–Crippen LogP) is 0.0680. The summed E-state index contributed by atoms with van der Waals surface area (Å²) in [5, 5.41) is 11.2. The number of hydrogen-bond donors (Lipinski definition) is 0. The molecule has 1 saturated heterocycles. The highest BCUT2D eigenvalue weighted by Gasteiger charge is 2.37. The average Bonchev–Trinajstić information content (AvgIpc) is 2.87. The minimum atomic E-state index is -1.31. The minimum Gasteiger partial charge on any atom is -0.492 e. The van der Waals surface area contributed by atoms with Gasteiger partial charge in [-0.1, -0.05) is 0 Å². The van der Waals surface area contributed by atoms with Crippen molar-refractivity contribution in [3.8, 4) is 0 Å². The molecule has 0 unspecified atom stereocenters. The second-order valence-electron chi connectivity index (χ2n) is 5.11. The van der Waals surface area contributed by atoms with Crippen molar-refractivity contribution in [2.45, 2.75) is 0 Å². The number of hydrogen-bond acceptors (Lipinski definition) is 8. The number of furan rings is 1. The van der Waals surface area contributed by atoms with Gasteiger partial charge in [-0.15, -0.1) is 0 Å². The number of carbonyl (C=O) groups is 2. The Morgan fingerprint density at radius 1 is 1.17 bits per heavy atom. The van der Waals surface area contributed by atoms with E-state index in [-0.39, 0.29) is 24.4 Å². The molecule has 0 amide bonds. The summed E-state index contributed by atoms with van der Waals surface area (Å²) < 4.78 is 15.6. The van der Waals surface area contributed by atoms with Gasteiger partial charge in [-0.2, -0.15) is 0 Å². The molecule has 1 aliphatic heterocycles. The number of carbonyl (C=O) groups excluding carboxylic acids is 2. The Balaban J connectivity index is 1.92. The number of nitro groups is 1. The summed E-state index contributed by atoms with van der Waals surface area (Å²) in [6.07, 6.45) is 0. The van der Waals surface area contributed by atoms with Crippen molar-refractivity contribution in [1.82, 2.24) is 4.90 Å². The van der Waals surface area contributed by atoms with E-state index in [0.29, 0.717) is 11.0 Å². The number of fused-ring (bicyclic) bond motifs is 1. The summed E-state index contributed by atoms with van der Waals surface area (Å²) in [5.41, 5.74) is 0.349. The van der Waals surface area contributed by atoms with Gasteiger partial charge in [0.2, 0.25) is 0 Å². The Bertz CT molecular complexity index is 783. The maximum absolute atomic E-state index is 11.7. The van der Waals surface area contributed by atoms with Gasteiger partial charge < -0.3 is 13.7 Å². The Morgan fingerprint density at radius 3 is 2.43 bits per heavy atom. The van der Waals surface area contributed by atoms with E-state index in [9.17, 15) is 19.7 Å². The second kappa shape index (κ2) is 5.73. The first-order valence-corrected chi connectivity index (χ1v) is 6.68. The van der Waals surface area contributed by atoms with E-state index in [4.69, 9.17) is 13.7 Å². The van der Waals surface area contributed by atoms with E-state index >= 15 is 0 Å². The lowest BCUT2D eigenvalue weighted by molar-refractivity contribution is -0.384. The summed E-state index contributed by atoms with van der Waals surface area (Å²) in [7, 11) is 0.276. The monoisotopic (exact) mass is 318 g/mol. The molecular formula is C13H11BN2O7. The van der Waals surface area contributed by atoms with Crippen molar-refractivity contribution in [2.24, 2.45) is 0 Å². The van der Waals surface area contributed by atoms with Crippen LogP contribution in [0.15, 0.2) is 28.7 Å². The standard InChI is InChI=1S/C13H11BN2O7/c1-15-6-12(17)22-14(23-13(18)7-15)11-5-8-4-9(16(19)20)2-3-10(8)21-11/h2-5H,6-7H2,1H3. The molecule has 1 aromatic carbocycles. The third-order valence-corrected chi connectivity index (χ3v) is 3.24. The summed E-state index contributed by atoms with van der Waals surface area (Å²) >= 11 is 0. The number of nitro benzene ring substituents is 1.